The van der Waals surface area contributed by atoms with Crippen molar-refractivity contribution in [3.63, 3.8) is 0 Å². The van der Waals surface area contributed by atoms with Crippen LogP contribution in [0.5, 0.6) is 0 Å². The first kappa shape index (κ1) is 25.5. The molecule has 0 bridgehead atoms. The maximum atomic E-state index is 11.8. The molecule has 1 atom stereocenters. The summed E-state index contributed by atoms with van der Waals surface area (Å²) in [6.07, 6.45) is 15.6. The fourth-order valence-electron chi connectivity index (χ4n) is 3.27. The second-order valence-corrected chi connectivity index (χ2v) is 9.97. The molecule has 0 rings (SSSR count). The van der Waals surface area contributed by atoms with Crippen molar-refractivity contribution in [1.29, 1.82) is 0 Å². The number of hydrogen-bond acceptors (Lipinski definition) is 2. The molecule has 0 heterocycles. The summed E-state index contributed by atoms with van der Waals surface area (Å²) >= 11 is 0. The smallest absolute Gasteiger partial charge is 0.305 e. The molecule has 0 aliphatic carbocycles. The summed E-state index contributed by atoms with van der Waals surface area (Å²) in [6.45, 7) is 14.4. The number of unbranched alkanes of at least 4 members (excludes halogenated alkanes) is 6. The van der Waals surface area contributed by atoms with Gasteiger partial charge in [0.15, 0.2) is 0 Å². The maximum Gasteiger partial charge on any atom is 0.305 e. The van der Waals surface area contributed by atoms with Crippen LogP contribution in [0.3, 0.4) is 0 Å². The van der Waals surface area contributed by atoms with Crippen molar-refractivity contribution >= 4 is 5.97 Å². The van der Waals surface area contributed by atoms with Gasteiger partial charge in [0, 0.05) is 6.42 Å². The molecule has 0 saturated heterocycles. The molecule has 156 valence electrons. The van der Waals surface area contributed by atoms with E-state index in [1.54, 1.807) is 0 Å². The standard InChI is InChI=1S/C24H48O2/c1-21(2)15-14-16-22(3)18-20-26-23(25)17-12-10-8-7-9-11-13-19-24(4,5)6/h21-22H,7-20H2,1-6H3/t22-/m0/s1. The molecule has 0 radical (unpaired) electrons. The second-order valence-electron chi connectivity index (χ2n) is 9.97. The highest BCUT2D eigenvalue weighted by molar-refractivity contribution is 5.69. The van der Waals surface area contributed by atoms with Crippen LogP contribution in [0.2, 0.25) is 0 Å². The van der Waals surface area contributed by atoms with E-state index in [-0.39, 0.29) is 5.97 Å². The Bertz CT molecular complexity index is 328. The van der Waals surface area contributed by atoms with E-state index in [0.29, 0.717) is 24.4 Å². The van der Waals surface area contributed by atoms with Gasteiger partial charge in [0.2, 0.25) is 0 Å². The first-order valence-corrected chi connectivity index (χ1v) is 11.4. The molecule has 0 aliphatic heterocycles. The molecule has 26 heavy (non-hydrogen) atoms. The lowest BCUT2D eigenvalue weighted by Gasteiger charge is -2.17. The van der Waals surface area contributed by atoms with Gasteiger partial charge in [-0.25, -0.2) is 0 Å². The van der Waals surface area contributed by atoms with Crippen molar-refractivity contribution in [3.8, 4) is 0 Å². The van der Waals surface area contributed by atoms with Gasteiger partial charge >= 0.3 is 5.97 Å². The largest absolute Gasteiger partial charge is 0.466 e. The Morgan fingerprint density at radius 3 is 1.92 bits per heavy atom. The number of carbonyl (C=O) groups is 1. The predicted octanol–water partition coefficient (Wildman–Crippen LogP) is 7.94. The van der Waals surface area contributed by atoms with Crippen LogP contribution in [0.1, 0.15) is 125 Å². The highest BCUT2D eigenvalue weighted by Crippen LogP contribution is 2.22. The van der Waals surface area contributed by atoms with Gasteiger partial charge in [0.1, 0.15) is 0 Å². The average Bonchev–Trinajstić information content (AvgIpc) is 2.51. The maximum absolute atomic E-state index is 11.8. The van der Waals surface area contributed by atoms with Crippen LogP contribution in [0.4, 0.5) is 0 Å². The third kappa shape index (κ3) is 19.8. The van der Waals surface area contributed by atoms with Crippen LogP contribution in [0.15, 0.2) is 0 Å². The zero-order chi connectivity index (χ0) is 19.8. The molecule has 0 unspecified atom stereocenters. The minimum absolute atomic E-state index is 0.00422. The van der Waals surface area contributed by atoms with Crippen molar-refractivity contribution in [2.75, 3.05) is 6.61 Å². The van der Waals surface area contributed by atoms with Gasteiger partial charge < -0.3 is 4.74 Å². The minimum atomic E-state index is 0.00422. The van der Waals surface area contributed by atoms with E-state index in [2.05, 4.69) is 41.5 Å². The van der Waals surface area contributed by atoms with E-state index in [9.17, 15) is 4.79 Å². The first-order valence-electron chi connectivity index (χ1n) is 11.4. The number of esters is 1. The molecule has 0 spiro atoms. The summed E-state index contributed by atoms with van der Waals surface area (Å²) in [5, 5.41) is 0. The number of carbonyl (C=O) groups excluding carboxylic acids is 1. The van der Waals surface area contributed by atoms with E-state index in [0.717, 1.165) is 18.8 Å². The Balaban J connectivity index is 3.36. The topological polar surface area (TPSA) is 26.3 Å². The Morgan fingerprint density at radius 2 is 1.35 bits per heavy atom. The van der Waals surface area contributed by atoms with Crippen molar-refractivity contribution < 1.29 is 9.53 Å². The summed E-state index contributed by atoms with van der Waals surface area (Å²) in [6, 6.07) is 0. The Hall–Kier alpha value is -0.530. The van der Waals surface area contributed by atoms with Crippen molar-refractivity contribution in [2.24, 2.45) is 17.3 Å². The zero-order valence-corrected chi connectivity index (χ0v) is 18.9. The van der Waals surface area contributed by atoms with Gasteiger partial charge in [-0.05, 0) is 36.5 Å². The summed E-state index contributed by atoms with van der Waals surface area (Å²) in [5.74, 6) is 1.47. The highest BCUT2D eigenvalue weighted by Gasteiger charge is 2.09. The zero-order valence-electron chi connectivity index (χ0n) is 18.9. The van der Waals surface area contributed by atoms with Crippen LogP contribution in [0, 0.1) is 17.3 Å². The van der Waals surface area contributed by atoms with E-state index in [1.165, 1.54) is 64.2 Å². The molecule has 0 fully saturated rings. The lowest BCUT2D eigenvalue weighted by molar-refractivity contribution is -0.144. The summed E-state index contributed by atoms with van der Waals surface area (Å²) in [4.78, 5) is 11.8. The molecule has 0 N–H and O–H groups in total. The van der Waals surface area contributed by atoms with Gasteiger partial charge in [-0.15, -0.1) is 0 Å². The molecule has 0 aliphatic rings. The van der Waals surface area contributed by atoms with E-state index >= 15 is 0 Å². The number of ether oxygens (including phenoxy) is 1. The van der Waals surface area contributed by atoms with Gasteiger partial charge in [-0.3, -0.25) is 4.79 Å². The van der Waals surface area contributed by atoms with Crippen LogP contribution in [-0.4, -0.2) is 12.6 Å². The lowest BCUT2D eigenvalue weighted by atomic mass is 9.89. The molecule has 0 amide bonds. The Labute approximate surface area is 164 Å². The molecular weight excluding hydrogens is 320 g/mol. The average molecular weight is 369 g/mol. The molecule has 2 nitrogen and oxygen atoms in total. The summed E-state index contributed by atoms with van der Waals surface area (Å²) in [7, 11) is 0. The summed E-state index contributed by atoms with van der Waals surface area (Å²) < 4.78 is 5.39. The van der Waals surface area contributed by atoms with Gasteiger partial charge in [-0.1, -0.05) is 99.3 Å². The Morgan fingerprint density at radius 1 is 0.769 bits per heavy atom. The predicted molar refractivity (Wildman–Crippen MR) is 114 cm³/mol. The van der Waals surface area contributed by atoms with Gasteiger partial charge in [0.25, 0.3) is 0 Å². The van der Waals surface area contributed by atoms with Crippen LogP contribution < -0.4 is 0 Å². The molecule has 0 aromatic carbocycles. The highest BCUT2D eigenvalue weighted by atomic mass is 16.5. The molecule has 0 aromatic heterocycles. The van der Waals surface area contributed by atoms with Crippen LogP contribution in [-0.2, 0) is 9.53 Å². The fourth-order valence-corrected chi connectivity index (χ4v) is 3.27. The monoisotopic (exact) mass is 368 g/mol. The van der Waals surface area contributed by atoms with E-state index in [4.69, 9.17) is 4.74 Å². The quantitative estimate of drug-likeness (QED) is 0.204. The van der Waals surface area contributed by atoms with Crippen LogP contribution >= 0.6 is 0 Å². The van der Waals surface area contributed by atoms with Gasteiger partial charge in [0.05, 0.1) is 6.61 Å². The molecule has 2 heteroatoms. The lowest BCUT2D eigenvalue weighted by Crippen LogP contribution is -2.08. The normalized spacial score (nSPS) is 13.2. The SMILES string of the molecule is CC(C)CCC[C@H](C)CCOC(=O)CCCCCCCCCC(C)(C)C. The summed E-state index contributed by atoms with van der Waals surface area (Å²) in [5.41, 5.74) is 0.478. The first-order chi connectivity index (χ1) is 12.2. The minimum Gasteiger partial charge on any atom is -0.466 e. The second kappa shape index (κ2) is 15.5. The fraction of sp³-hybridized carbons (Fsp3) is 0.958. The van der Waals surface area contributed by atoms with E-state index < -0.39 is 0 Å². The molecule has 0 aromatic rings. The molecule has 0 saturated carbocycles. The molecular formula is C24H48O2. The van der Waals surface area contributed by atoms with Gasteiger partial charge in [-0.2, -0.15) is 0 Å². The third-order valence-electron chi connectivity index (χ3n) is 5.16. The third-order valence-corrected chi connectivity index (χ3v) is 5.16. The van der Waals surface area contributed by atoms with Crippen molar-refractivity contribution in [3.05, 3.63) is 0 Å². The number of hydrogen-bond donors (Lipinski definition) is 0. The van der Waals surface area contributed by atoms with Crippen molar-refractivity contribution in [1.82, 2.24) is 0 Å². The van der Waals surface area contributed by atoms with E-state index in [1.807, 2.05) is 0 Å². The van der Waals surface area contributed by atoms with Crippen molar-refractivity contribution in [2.45, 2.75) is 125 Å². The van der Waals surface area contributed by atoms with Crippen LogP contribution in [0.25, 0.3) is 0 Å². The number of rotatable bonds is 16. The Kier molecular flexibility index (Phi) is 15.2.